The molecule has 0 unspecified atom stereocenters. The number of aryl methyl sites for hydroxylation is 1. The van der Waals surface area contributed by atoms with Crippen molar-refractivity contribution in [1.29, 1.82) is 0 Å². The minimum Gasteiger partial charge on any atom is -0.452 e. The fraction of sp³-hybridized carbons (Fsp3) is 0.167. The van der Waals surface area contributed by atoms with Gasteiger partial charge in [-0.05, 0) is 37.3 Å². The van der Waals surface area contributed by atoms with E-state index >= 15 is 0 Å². The van der Waals surface area contributed by atoms with Gasteiger partial charge >= 0.3 is 6.09 Å². The Hall–Kier alpha value is -2.32. The number of nitrogens with zero attached hydrogens (tertiary/aromatic N) is 2. The van der Waals surface area contributed by atoms with Crippen molar-refractivity contribution in [3.8, 4) is 0 Å². The molecule has 8 heteroatoms. The van der Waals surface area contributed by atoms with Crippen molar-refractivity contribution in [2.45, 2.75) is 11.8 Å². The number of methoxy groups -OCH3 is 1. The third kappa shape index (κ3) is 3.10. The molecule has 3 rings (SSSR count). The van der Waals surface area contributed by atoms with Crippen molar-refractivity contribution in [1.82, 2.24) is 3.97 Å². The van der Waals surface area contributed by atoms with Gasteiger partial charge in [0, 0.05) is 28.8 Å². The number of rotatable bonds is 3. The molecule has 136 valence electrons. The molecule has 1 amide bonds. The molecule has 0 N–H and O–H groups in total. The monoisotopic (exact) mass is 436 g/mol. The third-order valence-electron chi connectivity index (χ3n) is 4.12. The second kappa shape index (κ2) is 6.77. The Balaban J connectivity index is 2.20. The summed E-state index contributed by atoms with van der Waals surface area (Å²) in [6, 6.07) is 11.8. The second-order valence-electron chi connectivity index (χ2n) is 5.82. The van der Waals surface area contributed by atoms with E-state index in [4.69, 9.17) is 4.74 Å². The highest BCUT2D eigenvalue weighted by Crippen LogP contribution is 2.32. The second-order valence-corrected chi connectivity index (χ2v) is 8.49. The number of benzene rings is 2. The van der Waals surface area contributed by atoms with Crippen LogP contribution in [0.4, 0.5) is 10.5 Å². The zero-order chi connectivity index (χ0) is 19.1. The molecule has 1 aromatic heterocycles. The van der Waals surface area contributed by atoms with Crippen molar-refractivity contribution in [2.75, 3.05) is 19.1 Å². The first-order valence-electron chi connectivity index (χ1n) is 7.70. The summed E-state index contributed by atoms with van der Waals surface area (Å²) in [6.45, 7) is 1.90. The summed E-state index contributed by atoms with van der Waals surface area (Å²) in [6.07, 6.45) is 0.961. The first kappa shape index (κ1) is 18.5. The van der Waals surface area contributed by atoms with Crippen LogP contribution in [-0.2, 0) is 14.8 Å². The molecule has 0 saturated heterocycles. The van der Waals surface area contributed by atoms with Crippen LogP contribution < -0.4 is 4.90 Å². The van der Waals surface area contributed by atoms with E-state index < -0.39 is 16.1 Å². The van der Waals surface area contributed by atoms with Gasteiger partial charge in [0.1, 0.15) is 0 Å². The number of carbonyl (C=O) groups is 1. The standard InChI is InChI=1S/C18H17BrN2O4S/c1-12-4-6-14(7-5-12)26(23,24)21-9-8-15-16(19)10-13(11-17(15)21)20(2)18(22)25-3/h4-11H,1-3H3. The summed E-state index contributed by atoms with van der Waals surface area (Å²) in [7, 11) is -0.918. The Labute approximate surface area is 160 Å². The lowest BCUT2D eigenvalue weighted by molar-refractivity contribution is 0.180. The summed E-state index contributed by atoms with van der Waals surface area (Å²) < 4.78 is 32.7. The molecule has 0 spiro atoms. The van der Waals surface area contributed by atoms with Gasteiger partial charge in [0.15, 0.2) is 0 Å². The minimum absolute atomic E-state index is 0.198. The topological polar surface area (TPSA) is 68.6 Å². The average molecular weight is 437 g/mol. The third-order valence-corrected chi connectivity index (χ3v) is 6.48. The van der Waals surface area contributed by atoms with Gasteiger partial charge in [-0.2, -0.15) is 0 Å². The first-order valence-corrected chi connectivity index (χ1v) is 9.93. The molecule has 2 aromatic carbocycles. The number of ether oxygens (including phenoxy) is 1. The van der Waals surface area contributed by atoms with Crippen LogP contribution in [0, 0.1) is 6.92 Å². The Morgan fingerprint density at radius 1 is 1.15 bits per heavy atom. The van der Waals surface area contributed by atoms with E-state index in [2.05, 4.69) is 15.9 Å². The van der Waals surface area contributed by atoms with Crippen LogP contribution in [0.3, 0.4) is 0 Å². The van der Waals surface area contributed by atoms with Gasteiger partial charge in [0.2, 0.25) is 0 Å². The highest BCUT2D eigenvalue weighted by molar-refractivity contribution is 9.10. The largest absolute Gasteiger partial charge is 0.452 e. The summed E-state index contributed by atoms with van der Waals surface area (Å²) in [5.41, 5.74) is 1.95. The maximum atomic E-state index is 13.0. The van der Waals surface area contributed by atoms with Crippen LogP contribution in [0.2, 0.25) is 0 Å². The minimum atomic E-state index is -3.76. The van der Waals surface area contributed by atoms with E-state index in [1.165, 1.54) is 22.2 Å². The van der Waals surface area contributed by atoms with Gasteiger partial charge in [-0.3, -0.25) is 4.90 Å². The van der Waals surface area contributed by atoms with Crippen molar-refractivity contribution >= 4 is 48.6 Å². The van der Waals surface area contributed by atoms with E-state index in [1.54, 1.807) is 49.5 Å². The van der Waals surface area contributed by atoms with Gasteiger partial charge in [-0.1, -0.05) is 33.6 Å². The number of halogens is 1. The van der Waals surface area contributed by atoms with Crippen LogP contribution in [0.15, 0.2) is 58.0 Å². The van der Waals surface area contributed by atoms with Crippen molar-refractivity contribution in [2.24, 2.45) is 0 Å². The van der Waals surface area contributed by atoms with Gasteiger partial charge in [-0.15, -0.1) is 0 Å². The van der Waals surface area contributed by atoms with Gasteiger partial charge < -0.3 is 4.74 Å². The zero-order valence-electron chi connectivity index (χ0n) is 14.4. The van der Waals surface area contributed by atoms with Crippen LogP contribution in [-0.4, -0.2) is 32.6 Å². The summed E-state index contributed by atoms with van der Waals surface area (Å²) in [5.74, 6) is 0. The maximum absolute atomic E-state index is 13.0. The van der Waals surface area contributed by atoms with Crippen molar-refractivity contribution < 1.29 is 17.9 Å². The number of carbonyl (C=O) groups excluding carboxylic acids is 1. The summed E-state index contributed by atoms with van der Waals surface area (Å²) in [5, 5.41) is 0.725. The van der Waals surface area contributed by atoms with Crippen LogP contribution in [0.1, 0.15) is 5.56 Å². The molecule has 0 aliphatic heterocycles. The fourth-order valence-corrected chi connectivity index (χ4v) is 4.54. The SMILES string of the molecule is COC(=O)N(C)c1cc(Br)c2ccn(S(=O)(=O)c3ccc(C)cc3)c2c1. The molecule has 0 saturated carbocycles. The molecule has 0 atom stereocenters. The zero-order valence-corrected chi connectivity index (χ0v) is 16.8. The Kier molecular flexibility index (Phi) is 4.81. The first-order chi connectivity index (χ1) is 12.3. The summed E-state index contributed by atoms with van der Waals surface area (Å²) >= 11 is 3.45. The molecule has 3 aromatic rings. The number of hydrogen-bond donors (Lipinski definition) is 0. The normalized spacial score (nSPS) is 11.5. The number of anilines is 1. The van der Waals surface area contributed by atoms with E-state index in [-0.39, 0.29) is 4.90 Å². The lowest BCUT2D eigenvalue weighted by Crippen LogP contribution is -2.25. The van der Waals surface area contributed by atoms with E-state index in [0.29, 0.717) is 15.7 Å². The van der Waals surface area contributed by atoms with Crippen molar-refractivity contribution in [3.63, 3.8) is 0 Å². The Morgan fingerprint density at radius 2 is 1.81 bits per heavy atom. The molecule has 6 nitrogen and oxygen atoms in total. The maximum Gasteiger partial charge on any atom is 0.413 e. The predicted molar refractivity (Wildman–Crippen MR) is 104 cm³/mol. The lowest BCUT2D eigenvalue weighted by atomic mass is 10.2. The number of amides is 1. The predicted octanol–water partition coefficient (Wildman–Crippen LogP) is 4.15. The smallest absolute Gasteiger partial charge is 0.413 e. The van der Waals surface area contributed by atoms with E-state index in [9.17, 15) is 13.2 Å². The van der Waals surface area contributed by atoms with E-state index in [1.807, 2.05) is 6.92 Å². The fourth-order valence-electron chi connectivity index (χ4n) is 2.63. The van der Waals surface area contributed by atoms with Crippen LogP contribution >= 0.6 is 15.9 Å². The number of aromatic nitrogens is 1. The van der Waals surface area contributed by atoms with E-state index in [0.717, 1.165) is 10.9 Å². The van der Waals surface area contributed by atoms with Gasteiger partial charge in [0.25, 0.3) is 10.0 Å². The molecule has 0 fully saturated rings. The lowest BCUT2D eigenvalue weighted by Gasteiger charge is -2.17. The molecule has 0 radical (unpaired) electrons. The Bertz CT molecular complexity index is 1090. The average Bonchev–Trinajstić information content (AvgIpc) is 3.06. The van der Waals surface area contributed by atoms with Gasteiger partial charge in [0.05, 0.1) is 17.5 Å². The molecular formula is C18H17BrN2O4S. The highest BCUT2D eigenvalue weighted by atomic mass is 79.9. The van der Waals surface area contributed by atoms with Crippen molar-refractivity contribution in [3.05, 3.63) is 58.7 Å². The quantitative estimate of drug-likeness (QED) is 0.618. The highest BCUT2D eigenvalue weighted by Gasteiger charge is 2.21. The molecule has 1 heterocycles. The molecule has 26 heavy (non-hydrogen) atoms. The molecule has 0 aliphatic rings. The summed E-state index contributed by atoms with van der Waals surface area (Å²) in [4.78, 5) is 13.3. The van der Waals surface area contributed by atoms with Gasteiger partial charge in [-0.25, -0.2) is 17.2 Å². The van der Waals surface area contributed by atoms with Crippen LogP contribution in [0.5, 0.6) is 0 Å². The molecule has 0 bridgehead atoms. The number of fused-ring (bicyclic) bond motifs is 1. The Morgan fingerprint density at radius 3 is 2.42 bits per heavy atom. The molecular weight excluding hydrogens is 420 g/mol. The number of hydrogen-bond acceptors (Lipinski definition) is 4. The van der Waals surface area contributed by atoms with Crippen LogP contribution in [0.25, 0.3) is 10.9 Å². The molecule has 0 aliphatic carbocycles.